The highest BCUT2D eigenvalue weighted by atomic mass is 16.5. The van der Waals surface area contributed by atoms with Crippen molar-refractivity contribution >= 4 is 11.9 Å². The van der Waals surface area contributed by atoms with Crippen LogP contribution in [0, 0.1) is 0 Å². The van der Waals surface area contributed by atoms with E-state index in [-0.39, 0.29) is 29.9 Å². The van der Waals surface area contributed by atoms with Crippen molar-refractivity contribution in [1.29, 1.82) is 0 Å². The van der Waals surface area contributed by atoms with E-state index < -0.39 is 0 Å². The monoisotopic (exact) mass is 394 g/mol. The van der Waals surface area contributed by atoms with Crippen molar-refractivity contribution in [3.05, 3.63) is 71.8 Å². The van der Waals surface area contributed by atoms with Gasteiger partial charge in [-0.05, 0) is 31.0 Å². The highest BCUT2D eigenvalue weighted by molar-refractivity contribution is 5.77. The molecule has 29 heavy (non-hydrogen) atoms. The average molecular weight is 395 g/mol. The second-order valence-corrected chi connectivity index (χ2v) is 7.71. The number of carbonyl (C=O) groups is 2. The van der Waals surface area contributed by atoms with Crippen LogP contribution in [0.2, 0.25) is 0 Å². The second kappa shape index (κ2) is 10.2. The van der Waals surface area contributed by atoms with Crippen LogP contribution >= 0.6 is 0 Å². The third kappa shape index (κ3) is 5.67. The molecule has 1 saturated heterocycles. The lowest BCUT2D eigenvalue weighted by atomic mass is 9.88. The predicted molar refractivity (Wildman–Crippen MR) is 114 cm³/mol. The van der Waals surface area contributed by atoms with Gasteiger partial charge in [-0.25, -0.2) is 0 Å². The number of carbonyl (C=O) groups excluding carboxylic acids is 2. The zero-order valence-corrected chi connectivity index (χ0v) is 17.2. The molecule has 3 rings (SSSR count). The number of nitrogens with one attached hydrogen (secondary N) is 1. The molecule has 0 aromatic heterocycles. The van der Waals surface area contributed by atoms with Crippen molar-refractivity contribution in [2.45, 2.75) is 43.7 Å². The van der Waals surface area contributed by atoms with Crippen LogP contribution in [0.5, 0.6) is 0 Å². The van der Waals surface area contributed by atoms with Gasteiger partial charge in [-0.2, -0.15) is 0 Å². The van der Waals surface area contributed by atoms with Gasteiger partial charge < -0.3 is 10.1 Å². The smallest absolute Gasteiger partial charge is 0.307 e. The molecule has 1 aliphatic heterocycles. The van der Waals surface area contributed by atoms with Crippen molar-refractivity contribution in [3.8, 4) is 0 Å². The maximum Gasteiger partial charge on any atom is 0.307 e. The lowest BCUT2D eigenvalue weighted by Gasteiger charge is -2.25. The Morgan fingerprint density at radius 2 is 1.55 bits per heavy atom. The fraction of sp³-hybridized carbons (Fsp3) is 0.417. The Kier molecular flexibility index (Phi) is 7.42. The van der Waals surface area contributed by atoms with Crippen LogP contribution in [0.1, 0.15) is 42.7 Å². The topological polar surface area (TPSA) is 58.6 Å². The summed E-state index contributed by atoms with van der Waals surface area (Å²) in [6, 6.07) is 20.8. The number of ether oxygens (including phenoxy) is 1. The normalized spacial score (nSPS) is 19.3. The SMILES string of the molecule is COC(=O)C[C@H]1CC[C@@H](CNC(=O)CC(c2ccccc2)c2ccccc2)N1C. The van der Waals surface area contributed by atoms with Gasteiger partial charge in [0, 0.05) is 31.0 Å². The van der Waals surface area contributed by atoms with Crippen LogP contribution < -0.4 is 5.32 Å². The molecule has 0 radical (unpaired) electrons. The summed E-state index contributed by atoms with van der Waals surface area (Å²) in [5, 5.41) is 3.12. The first kappa shape index (κ1) is 21.1. The molecule has 0 bridgehead atoms. The van der Waals surface area contributed by atoms with E-state index >= 15 is 0 Å². The summed E-state index contributed by atoms with van der Waals surface area (Å²) in [5.41, 5.74) is 2.29. The van der Waals surface area contributed by atoms with Crippen LogP contribution in [-0.4, -0.2) is 49.6 Å². The zero-order chi connectivity index (χ0) is 20.6. The molecule has 2 atom stereocenters. The molecule has 0 aliphatic carbocycles. The minimum absolute atomic E-state index is 0.0331. The highest BCUT2D eigenvalue weighted by Crippen LogP contribution is 2.28. The minimum Gasteiger partial charge on any atom is -0.469 e. The number of likely N-dealkylation sites (N-methyl/N-ethyl adjacent to an activating group) is 1. The van der Waals surface area contributed by atoms with Gasteiger partial charge in [0.15, 0.2) is 0 Å². The van der Waals surface area contributed by atoms with Gasteiger partial charge in [0.2, 0.25) is 5.91 Å². The number of benzene rings is 2. The fourth-order valence-corrected chi connectivity index (χ4v) is 4.15. The van der Waals surface area contributed by atoms with Gasteiger partial charge in [-0.1, -0.05) is 60.7 Å². The molecule has 1 heterocycles. The Balaban J connectivity index is 1.58. The van der Waals surface area contributed by atoms with E-state index in [1.807, 2.05) is 43.4 Å². The van der Waals surface area contributed by atoms with E-state index in [9.17, 15) is 9.59 Å². The molecule has 2 aromatic rings. The van der Waals surface area contributed by atoms with Crippen LogP contribution in [0.3, 0.4) is 0 Å². The summed E-state index contributed by atoms with van der Waals surface area (Å²) in [7, 11) is 3.44. The Bertz CT molecular complexity index is 755. The number of methoxy groups -OCH3 is 1. The molecule has 1 aliphatic rings. The van der Waals surface area contributed by atoms with Crippen LogP contribution in [0.25, 0.3) is 0 Å². The fourth-order valence-electron chi connectivity index (χ4n) is 4.15. The number of esters is 1. The molecule has 5 nitrogen and oxygen atoms in total. The van der Waals surface area contributed by atoms with Gasteiger partial charge >= 0.3 is 5.97 Å². The number of amides is 1. The van der Waals surface area contributed by atoms with Crippen molar-refractivity contribution in [3.63, 3.8) is 0 Å². The van der Waals surface area contributed by atoms with Gasteiger partial charge in [0.25, 0.3) is 0 Å². The lowest BCUT2D eigenvalue weighted by molar-refractivity contribution is -0.141. The van der Waals surface area contributed by atoms with Crippen molar-refractivity contribution < 1.29 is 14.3 Å². The number of rotatable bonds is 8. The van der Waals surface area contributed by atoms with E-state index in [1.54, 1.807) is 0 Å². The number of likely N-dealkylation sites (tertiary alicyclic amines) is 1. The zero-order valence-electron chi connectivity index (χ0n) is 17.2. The number of hydrogen-bond acceptors (Lipinski definition) is 4. The summed E-state index contributed by atoms with van der Waals surface area (Å²) < 4.78 is 4.79. The highest BCUT2D eigenvalue weighted by Gasteiger charge is 2.32. The van der Waals surface area contributed by atoms with Crippen LogP contribution in [0.4, 0.5) is 0 Å². The average Bonchev–Trinajstić information content (AvgIpc) is 3.10. The lowest BCUT2D eigenvalue weighted by Crippen LogP contribution is -2.41. The number of hydrogen-bond donors (Lipinski definition) is 1. The summed E-state index contributed by atoms with van der Waals surface area (Å²) in [6.07, 6.45) is 2.74. The van der Waals surface area contributed by atoms with E-state index in [2.05, 4.69) is 34.5 Å². The van der Waals surface area contributed by atoms with E-state index in [0.717, 1.165) is 24.0 Å². The molecular formula is C24H30N2O3. The quantitative estimate of drug-likeness (QED) is 0.698. The van der Waals surface area contributed by atoms with E-state index in [1.165, 1.54) is 7.11 Å². The Morgan fingerprint density at radius 1 is 1.00 bits per heavy atom. The molecule has 0 saturated carbocycles. The molecule has 1 fully saturated rings. The Hall–Kier alpha value is -2.66. The van der Waals surface area contributed by atoms with Crippen molar-refractivity contribution in [2.24, 2.45) is 0 Å². The van der Waals surface area contributed by atoms with E-state index in [4.69, 9.17) is 4.74 Å². The van der Waals surface area contributed by atoms with Gasteiger partial charge in [-0.3, -0.25) is 14.5 Å². The summed E-state index contributed by atoms with van der Waals surface area (Å²) in [5.74, 6) is -0.0987. The Morgan fingerprint density at radius 3 is 2.10 bits per heavy atom. The molecule has 154 valence electrons. The van der Waals surface area contributed by atoms with Crippen LogP contribution in [0.15, 0.2) is 60.7 Å². The summed E-state index contributed by atoms with van der Waals surface area (Å²) in [6.45, 7) is 0.601. The molecule has 0 unspecified atom stereocenters. The maximum absolute atomic E-state index is 12.8. The second-order valence-electron chi connectivity index (χ2n) is 7.71. The van der Waals surface area contributed by atoms with Crippen molar-refractivity contribution in [2.75, 3.05) is 20.7 Å². The summed E-state index contributed by atoms with van der Waals surface area (Å²) >= 11 is 0. The van der Waals surface area contributed by atoms with E-state index in [0.29, 0.717) is 19.4 Å². The molecule has 0 spiro atoms. The largest absolute Gasteiger partial charge is 0.469 e. The molecule has 1 amide bonds. The van der Waals surface area contributed by atoms with Gasteiger partial charge in [0.05, 0.1) is 13.5 Å². The van der Waals surface area contributed by atoms with Gasteiger partial charge in [0.1, 0.15) is 0 Å². The molecule has 2 aromatic carbocycles. The predicted octanol–water partition coefficient (Wildman–Crippen LogP) is 3.35. The first-order valence-electron chi connectivity index (χ1n) is 10.2. The minimum atomic E-state index is -0.180. The van der Waals surface area contributed by atoms with Crippen LogP contribution in [-0.2, 0) is 14.3 Å². The van der Waals surface area contributed by atoms with Crippen molar-refractivity contribution in [1.82, 2.24) is 10.2 Å². The molecule has 1 N–H and O–H groups in total. The third-order valence-corrected chi connectivity index (χ3v) is 5.94. The first-order chi connectivity index (χ1) is 14.1. The molecular weight excluding hydrogens is 364 g/mol. The first-order valence-corrected chi connectivity index (χ1v) is 10.2. The molecule has 5 heteroatoms. The maximum atomic E-state index is 12.8. The standard InChI is InChI=1S/C24H30N2O3/c1-26-20(15-24(28)29-2)13-14-21(26)17-25-23(27)16-22(18-9-5-3-6-10-18)19-11-7-4-8-12-19/h3-12,20-22H,13-17H2,1-2H3,(H,25,27)/t20-,21+/m1/s1. The summed E-state index contributed by atoms with van der Waals surface area (Å²) in [4.78, 5) is 26.5. The Labute approximate surface area is 173 Å². The third-order valence-electron chi connectivity index (χ3n) is 5.94. The number of nitrogens with zero attached hydrogens (tertiary/aromatic N) is 1. The van der Waals surface area contributed by atoms with Gasteiger partial charge in [-0.15, -0.1) is 0 Å².